The molecule has 2 aliphatic rings. The summed E-state index contributed by atoms with van der Waals surface area (Å²) in [6, 6.07) is 8.49. The predicted octanol–water partition coefficient (Wildman–Crippen LogP) is 0.944. The molecule has 1 unspecified atom stereocenters. The van der Waals surface area contributed by atoms with Gasteiger partial charge in [0.2, 0.25) is 0 Å². The molecule has 0 spiro atoms. The Morgan fingerprint density at radius 2 is 1.89 bits per heavy atom. The standard InChI is InChI=1S/C15H22N2O/c16-11-14(15(18)7-9-17-10-8-15)6-5-12-3-1-2-4-13(12)14/h1-4,17-18H,5-11,16H2. The van der Waals surface area contributed by atoms with Crippen molar-refractivity contribution in [3.63, 3.8) is 0 Å². The second-order valence-corrected chi connectivity index (χ2v) is 5.72. The van der Waals surface area contributed by atoms with E-state index in [1.54, 1.807) is 0 Å². The Hall–Kier alpha value is -0.900. The Morgan fingerprint density at radius 3 is 2.61 bits per heavy atom. The molecule has 0 amide bonds. The summed E-state index contributed by atoms with van der Waals surface area (Å²) >= 11 is 0. The van der Waals surface area contributed by atoms with Crippen molar-refractivity contribution in [2.45, 2.75) is 36.7 Å². The van der Waals surface area contributed by atoms with E-state index in [4.69, 9.17) is 5.73 Å². The molecular weight excluding hydrogens is 224 g/mol. The maximum atomic E-state index is 11.1. The first-order valence-corrected chi connectivity index (χ1v) is 6.93. The van der Waals surface area contributed by atoms with E-state index in [9.17, 15) is 5.11 Å². The largest absolute Gasteiger partial charge is 0.389 e. The van der Waals surface area contributed by atoms with Crippen molar-refractivity contribution in [3.8, 4) is 0 Å². The molecule has 98 valence electrons. The van der Waals surface area contributed by atoms with Crippen molar-refractivity contribution in [3.05, 3.63) is 35.4 Å². The summed E-state index contributed by atoms with van der Waals surface area (Å²) < 4.78 is 0. The third-order valence-electron chi connectivity index (χ3n) is 5.02. The highest BCUT2D eigenvalue weighted by molar-refractivity contribution is 5.43. The second-order valence-electron chi connectivity index (χ2n) is 5.72. The third kappa shape index (κ3) is 1.54. The normalized spacial score (nSPS) is 30.1. The molecule has 1 fully saturated rings. The number of benzene rings is 1. The van der Waals surface area contributed by atoms with Crippen LogP contribution in [0.5, 0.6) is 0 Å². The van der Waals surface area contributed by atoms with Gasteiger partial charge in [-0.15, -0.1) is 0 Å². The monoisotopic (exact) mass is 246 g/mol. The second kappa shape index (κ2) is 4.34. The van der Waals surface area contributed by atoms with E-state index >= 15 is 0 Å². The van der Waals surface area contributed by atoms with Crippen LogP contribution in [0.4, 0.5) is 0 Å². The van der Waals surface area contributed by atoms with E-state index in [2.05, 4.69) is 29.6 Å². The van der Waals surface area contributed by atoms with Crippen LogP contribution in [0.1, 0.15) is 30.4 Å². The van der Waals surface area contributed by atoms with Gasteiger partial charge in [-0.1, -0.05) is 24.3 Å². The first-order valence-electron chi connectivity index (χ1n) is 6.93. The predicted molar refractivity (Wildman–Crippen MR) is 72.5 cm³/mol. The lowest BCUT2D eigenvalue weighted by Crippen LogP contribution is -2.59. The number of nitrogens with two attached hydrogens (primary N) is 1. The van der Waals surface area contributed by atoms with Crippen molar-refractivity contribution in [2.75, 3.05) is 19.6 Å². The van der Waals surface area contributed by atoms with Crippen LogP contribution < -0.4 is 11.1 Å². The van der Waals surface area contributed by atoms with E-state index in [0.717, 1.165) is 38.8 Å². The summed E-state index contributed by atoms with van der Waals surface area (Å²) in [4.78, 5) is 0. The van der Waals surface area contributed by atoms with Crippen LogP contribution in [0.3, 0.4) is 0 Å². The van der Waals surface area contributed by atoms with Gasteiger partial charge in [-0.05, 0) is 49.9 Å². The minimum atomic E-state index is -0.639. The van der Waals surface area contributed by atoms with Gasteiger partial charge in [0.25, 0.3) is 0 Å². The number of aliphatic hydroxyl groups is 1. The van der Waals surface area contributed by atoms with E-state index in [-0.39, 0.29) is 5.41 Å². The fourth-order valence-electron chi connectivity index (χ4n) is 3.89. The molecule has 3 rings (SSSR count). The maximum Gasteiger partial charge on any atom is 0.0780 e. The van der Waals surface area contributed by atoms with E-state index in [0.29, 0.717) is 6.54 Å². The fourth-order valence-corrected chi connectivity index (χ4v) is 3.89. The van der Waals surface area contributed by atoms with Gasteiger partial charge in [-0.25, -0.2) is 0 Å². The molecule has 1 aliphatic carbocycles. The van der Waals surface area contributed by atoms with Crippen LogP contribution in [0.2, 0.25) is 0 Å². The lowest BCUT2D eigenvalue weighted by Gasteiger charge is -2.47. The number of hydrogen-bond donors (Lipinski definition) is 3. The minimum Gasteiger partial charge on any atom is -0.389 e. The summed E-state index contributed by atoms with van der Waals surface area (Å²) in [7, 11) is 0. The van der Waals surface area contributed by atoms with Crippen LogP contribution in [-0.2, 0) is 11.8 Å². The van der Waals surface area contributed by atoms with Gasteiger partial charge in [-0.2, -0.15) is 0 Å². The molecule has 3 nitrogen and oxygen atoms in total. The average molecular weight is 246 g/mol. The molecule has 18 heavy (non-hydrogen) atoms. The summed E-state index contributed by atoms with van der Waals surface area (Å²) in [5, 5.41) is 14.5. The molecule has 1 aromatic carbocycles. The SMILES string of the molecule is NCC1(C2(O)CCNCC2)CCc2ccccc21. The molecule has 1 aromatic rings. The molecule has 0 radical (unpaired) electrons. The number of aryl methyl sites for hydroxylation is 1. The lowest BCUT2D eigenvalue weighted by molar-refractivity contribution is -0.0605. The van der Waals surface area contributed by atoms with E-state index in [1.807, 2.05) is 0 Å². The van der Waals surface area contributed by atoms with Crippen molar-refractivity contribution >= 4 is 0 Å². The Morgan fingerprint density at radius 1 is 1.17 bits per heavy atom. The molecule has 1 atom stereocenters. The van der Waals surface area contributed by atoms with Crippen molar-refractivity contribution in [1.29, 1.82) is 0 Å². The first kappa shape index (κ1) is 12.2. The molecule has 0 bridgehead atoms. The zero-order valence-corrected chi connectivity index (χ0v) is 10.8. The van der Waals surface area contributed by atoms with Gasteiger partial charge in [0, 0.05) is 12.0 Å². The van der Waals surface area contributed by atoms with Gasteiger partial charge in [0.15, 0.2) is 0 Å². The van der Waals surface area contributed by atoms with Gasteiger partial charge in [0.1, 0.15) is 0 Å². The molecule has 1 aliphatic heterocycles. The Bertz CT molecular complexity index is 440. The Labute approximate surface area is 108 Å². The number of hydrogen-bond acceptors (Lipinski definition) is 3. The van der Waals surface area contributed by atoms with Crippen molar-refractivity contribution < 1.29 is 5.11 Å². The molecule has 0 aromatic heterocycles. The zero-order chi connectivity index (χ0) is 12.6. The molecule has 3 heteroatoms. The maximum absolute atomic E-state index is 11.1. The number of fused-ring (bicyclic) bond motifs is 1. The zero-order valence-electron chi connectivity index (χ0n) is 10.8. The highest BCUT2D eigenvalue weighted by atomic mass is 16.3. The highest BCUT2D eigenvalue weighted by Gasteiger charge is 2.53. The number of rotatable bonds is 2. The summed E-state index contributed by atoms with van der Waals surface area (Å²) in [6.07, 6.45) is 3.64. The molecule has 4 N–H and O–H groups in total. The van der Waals surface area contributed by atoms with Crippen LogP contribution in [-0.4, -0.2) is 30.3 Å². The minimum absolute atomic E-state index is 0.230. The van der Waals surface area contributed by atoms with E-state index < -0.39 is 5.60 Å². The van der Waals surface area contributed by atoms with Gasteiger partial charge in [0.05, 0.1) is 5.60 Å². The van der Waals surface area contributed by atoms with Crippen LogP contribution in [0.25, 0.3) is 0 Å². The molecular formula is C15H22N2O. The number of piperidine rings is 1. The highest BCUT2D eigenvalue weighted by Crippen LogP contribution is 2.49. The first-order chi connectivity index (χ1) is 8.72. The lowest BCUT2D eigenvalue weighted by atomic mass is 9.64. The number of nitrogens with one attached hydrogen (secondary N) is 1. The smallest absolute Gasteiger partial charge is 0.0780 e. The fraction of sp³-hybridized carbons (Fsp3) is 0.600. The summed E-state index contributed by atoms with van der Waals surface area (Å²) in [5.41, 5.74) is 7.91. The van der Waals surface area contributed by atoms with Gasteiger partial charge in [-0.3, -0.25) is 0 Å². The quantitative estimate of drug-likeness (QED) is 0.728. The Balaban J connectivity index is 2.06. The van der Waals surface area contributed by atoms with Gasteiger partial charge >= 0.3 is 0 Å². The summed E-state index contributed by atoms with van der Waals surface area (Å²) in [6.45, 7) is 2.32. The van der Waals surface area contributed by atoms with E-state index in [1.165, 1.54) is 11.1 Å². The Kier molecular flexibility index (Phi) is 2.93. The third-order valence-corrected chi connectivity index (χ3v) is 5.02. The molecule has 1 heterocycles. The molecule has 1 saturated heterocycles. The van der Waals surface area contributed by atoms with Gasteiger partial charge < -0.3 is 16.2 Å². The molecule has 0 saturated carbocycles. The van der Waals surface area contributed by atoms with Crippen molar-refractivity contribution in [2.24, 2.45) is 5.73 Å². The van der Waals surface area contributed by atoms with Crippen molar-refractivity contribution in [1.82, 2.24) is 5.32 Å². The summed E-state index contributed by atoms with van der Waals surface area (Å²) in [5.74, 6) is 0. The van der Waals surface area contributed by atoms with Crippen LogP contribution in [0, 0.1) is 0 Å². The average Bonchev–Trinajstić information content (AvgIpc) is 2.80. The van der Waals surface area contributed by atoms with Crippen LogP contribution >= 0.6 is 0 Å². The van der Waals surface area contributed by atoms with Crippen LogP contribution in [0.15, 0.2) is 24.3 Å². The topological polar surface area (TPSA) is 58.3 Å².